The van der Waals surface area contributed by atoms with E-state index in [2.05, 4.69) is 0 Å². The highest BCUT2D eigenvalue weighted by Gasteiger charge is 2.31. The van der Waals surface area contributed by atoms with Crippen molar-refractivity contribution >= 4 is 22.8 Å². The number of fused-ring (bicyclic) bond motifs is 1. The van der Waals surface area contributed by atoms with E-state index in [0.29, 0.717) is 11.9 Å². The van der Waals surface area contributed by atoms with Crippen LogP contribution in [0.2, 0.25) is 0 Å². The van der Waals surface area contributed by atoms with Gasteiger partial charge in [-0.25, -0.2) is 0 Å². The molecule has 0 spiro atoms. The van der Waals surface area contributed by atoms with Crippen molar-refractivity contribution in [3.63, 3.8) is 0 Å². The van der Waals surface area contributed by atoms with Gasteiger partial charge in [-0.1, -0.05) is 6.92 Å². The second-order valence-corrected chi connectivity index (χ2v) is 5.94. The number of aryl methyl sites for hydroxylation is 1. The van der Waals surface area contributed by atoms with E-state index in [1.165, 1.54) is 21.6 Å². The average molecular weight is 356 g/mol. The molecule has 0 bridgehead atoms. The number of benzene rings is 1. The normalized spacial score (nSPS) is 13.0. The van der Waals surface area contributed by atoms with Gasteiger partial charge < -0.3 is 14.6 Å². The maximum Gasteiger partial charge on any atom is 0.416 e. The van der Waals surface area contributed by atoms with Gasteiger partial charge in [0.05, 0.1) is 5.56 Å². The number of hydrogen-bond donors (Lipinski definition) is 1. The summed E-state index contributed by atoms with van der Waals surface area (Å²) in [5.74, 6) is -1.67. The van der Waals surface area contributed by atoms with Gasteiger partial charge in [0.15, 0.2) is 0 Å². The first-order chi connectivity index (χ1) is 11.6. The third-order valence-electron chi connectivity index (χ3n) is 4.28. The van der Waals surface area contributed by atoms with Crippen molar-refractivity contribution in [2.24, 2.45) is 7.05 Å². The molecule has 136 valence electrons. The molecule has 1 aromatic heterocycles. The predicted molar refractivity (Wildman–Crippen MR) is 86.3 cm³/mol. The summed E-state index contributed by atoms with van der Waals surface area (Å²) in [6.07, 6.45) is -3.92. The molecule has 0 aliphatic heterocycles. The maximum absolute atomic E-state index is 12.9. The first-order valence-electron chi connectivity index (χ1n) is 7.75. The van der Waals surface area contributed by atoms with Gasteiger partial charge in [-0.15, -0.1) is 0 Å². The van der Waals surface area contributed by atoms with Crippen molar-refractivity contribution in [1.29, 1.82) is 0 Å². The van der Waals surface area contributed by atoms with Crippen molar-refractivity contribution in [3.8, 4) is 0 Å². The summed E-state index contributed by atoms with van der Waals surface area (Å²) in [6.45, 7) is 3.08. The van der Waals surface area contributed by atoms with Crippen molar-refractivity contribution in [2.75, 3.05) is 6.54 Å². The molecule has 1 heterocycles. The highest BCUT2D eigenvalue weighted by atomic mass is 19.4. The summed E-state index contributed by atoms with van der Waals surface area (Å²) < 4.78 is 40.1. The molecule has 0 radical (unpaired) electrons. The van der Waals surface area contributed by atoms with Crippen molar-refractivity contribution in [2.45, 2.75) is 32.5 Å². The Morgan fingerprint density at radius 3 is 2.44 bits per heavy atom. The topological polar surface area (TPSA) is 62.5 Å². The van der Waals surface area contributed by atoms with Gasteiger partial charge in [0.25, 0.3) is 5.91 Å². The maximum atomic E-state index is 12.9. The van der Waals surface area contributed by atoms with Gasteiger partial charge >= 0.3 is 12.1 Å². The third kappa shape index (κ3) is 3.78. The van der Waals surface area contributed by atoms with E-state index in [1.807, 2.05) is 6.92 Å². The van der Waals surface area contributed by atoms with Crippen LogP contribution in [0.3, 0.4) is 0 Å². The molecule has 1 atom stereocenters. The lowest BCUT2D eigenvalue weighted by atomic mass is 10.1. The smallest absolute Gasteiger partial charge is 0.416 e. The molecule has 0 saturated carbocycles. The Bertz CT molecular complexity index is 811. The molecule has 1 unspecified atom stereocenters. The molecule has 0 aliphatic rings. The van der Waals surface area contributed by atoms with Crippen LogP contribution >= 0.6 is 0 Å². The van der Waals surface area contributed by atoms with Gasteiger partial charge in [0.2, 0.25) is 0 Å². The predicted octanol–water partition coefficient (Wildman–Crippen LogP) is 3.52. The zero-order valence-corrected chi connectivity index (χ0v) is 14.1. The van der Waals surface area contributed by atoms with Crippen LogP contribution in [0.4, 0.5) is 13.2 Å². The quantitative estimate of drug-likeness (QED) is 0.892. The monoisotopic (exact) mass is 356 g/mol. The molecular formula is C17H19F3N2O3. The van der Waals surface area contributed by atoms with Crippen molar-refractivity contribution in [3.05, 3.63) is 35.5 Å². The number of halogens is 3. The van der Waals surface area contributed by atoms with Crippen molar-refractivity contribution < 1.29 is 27.9 Å². The summed E-state index contributed by atoms with van der Waals surface area (Å²) in [6, 6.07) is 4.30. The van der Waals surface area contributed by atoms with E-state index in [-0.39, 0.29) is 17.1 Å². The molecule has 1 aromatic carbocycles. The summed E-state index contributed by atoms with van der Waals surface area (Å²) in [5.41, 5.74) is -0.180. The Kier molecular flexibility index (Phi) is 5.10. The highest BCUT2D eigenvalue weighted by molar-refractivity contribution is 6.00. The molecule has 25 heavy (non-hydrogen) atoms. The highest BCUT2D eigenvalue weighted by Crippen LogP contribution is 2.32. The summed E-state index contributed by atoms with van der Waals surface area (Å²) in [7, 11) is 1.57. The number of nitrogens with zero attached hydrogens (tertiary/aromatic N) is 2. The third-order valence-corrected chi connectivity index (χ3v) is 4.28. The Morgan fingerprint density at radius 2 is 1.92 bits per heavy atom. The van der Waals surface area contributed by atoms with Crippen LogP contribution in [-0.2, 0) is 18.0 Å². The lowest BCUT2D eigenvalue weighted by Gasteiger charge is -2.27. The Balaban J connectivity index is 2.50. The number of carbonyl (C=O) groups excluding carboxylic acids is 1. The molecule has 0 aliphatic carbocycles. The fourth-order valence-electron chi connectivity index (χ4n) is 2.67. The fraction of sp³-hybridized carbons (Fsp3) is 0.412. The molecule has 5 nitrogen and oxygen atoms in total. The molecular weight excluding hydrogens is 337 g/mol. The van der Waals surface area contributed by atoms with E-state index in [1.54, 1.807) is 14.0 Å². The zero-order valence-electron chi connectivity index (χ0n) is 14.1. The fourth-order valence-corrected chi connectivity index (χ4v) is 2.67. The summed E-state index contributed by atoms with van der Waals surface area (Å²) in [5, 5.41) is 9.31. The van der Waals surface area contributed by atoms with Gasteiger partial charge in [-0.05, 0) is 37.6 Å². The second-order valence-electron chi connectivity index (χ2n) is 5.94. The van der Waals surface area contributed by atoms with Crippen LogP contribution in [0.1, 0.15) is 36.3 Å². The van der Waals surface area contributed by atoms with Gasteiger partial charge in [0.1, 0.15) is 12.2 Å². The molecule has 2 rings (SSSR count). The minimum absolute atomic E-state index is 0.149. The van der Waals surface area contributed by atoms with Gasteiger partial charge in [-0.2, -0.15) is 13.2 Å². The minimum Gasteiger partial charge on any atom is -0.480 e. The van der Waals surface area contributed by atoms with E-state index in [9.17, 15) is 22.8 Å². The van der Waals surface area contributed by atoms with Crippen LogP contribution in [0, 0.1) is 0 Å². The summed E-state index contributed by atoms with van der Waals surface area (Å²) >= 11 is 0. The van der Waals surface area contributed by atoms with E-state index in [0.717, 1.165) is 12.1 Å². The minimum atomic E-state index is -4.47. The number of aliphatic carboxylic acids is 1. The number of alkyl halides is 3. The standard InChI is InChI=1S/C17H19F3N2O3/c1-4-10(2)22(9-15(23)24)16(25)14-8-11-7-12(17(18,19)20)5-6-13(11)21(14)3/h5-8,10H,4,9H2,1-3H3,(H,23,24). The number of carbonyl (C=O) groups is 2. The van der Waals surface area contributed by atoms with Gasteiger partial charge in [-0.3, -0.25) is 9.59 Å². The number of aromatic nitrogens is 1. The van der Waals surface area contributed by atoms with Crippen LogP contribution < -0.4 is 0 Å². The number of rotatable bonds is 5. The van der Waals surface area contributed by atoms with Crippen LogP contribution in [0.15, 0.2) is 24.3 Å². The van der Waals surface area contributed by atoms with Crippen molar-refractivity contribution in [1.82, 2.24) is 9.47 Å². The number of hydrogen-bond acceptors (Lipinski definition) is 2. The largest absolute Gasteiger partial charge is 0.480 e. The van der Waals surface area contributed by atoms with Crippen LogP contribution in [0.25, 0.3) is 10.9 Å². The average Bonchev–Trinajstić information content (AvgIpc) is 2.86. The lowest BCUT2D eigenvalue weighted by molar-refractivity contribution is -0.138. The second kappa shape index (κ2) is 6.78. The Labute approximate surface area is 142 Å². The first kappa shape index (κ1) is 18.8. The van der Waals surface area contributed by atoms with Crippen LogP contribution in [-0.4, -0.2) is 39.0 Å². The Morgan fingerprint density at radius 1 is 1.28 bits per heavy atom. The molecule has 8 heteroatoms. The molecule has 1 N–H and O–H groups in total. The molecule has 2 aromatic rings. The molecule has 0 fully saturated rings. The van der Waals surface area contributed by atoms with Gasteiger partial charge in [0, 0.05) is 24.0 Å². The van der Waals surface area contributed by atoms with E-state index < -0.39 is 30.2 Å². The van der Waals surface area contributed by atoms with E-state index >= 15 is 0 Å². The Hall–Kier alpha value is -2.51. The summed E-state index contributed by atoms with van der Waals surface area (Å²) in [4.78, 5) is 25.0. The lowest BCUT2D eigenvalue weighted by Crippen LogP contribution is -2.42. The first-order valence-corrected chi connectivity index (χ1v) is 7.75. The molecule has 0 saturated heterocycles. The van der Waals surface area contributed by atoms with E-state index in [4.69, 9.17) is 5.11 Å². The number of carboxylic acid groups (broad SMARTS) is 1. The zero-order chi connectivity index (χ0) is 18.9. The SMILES string of the molecule is CCC(C)N(CC(=O)O)C(=O)c1cc2cc(C(F)(F)F)ccc2n1C. The van der Waals surface area contributed by atoms with Crippen LogP contribution in [0.5, 0.6) is 0 Å². The number of amides is 1. The molecule has 1 amide bonds. The number of carboxylic acids is 1.